The molecule has 4 rings (SSSR count). The molecule has 0 aliphatic carbocycles. The standard InChI is InChI=1S/C45H76N2O13/c1-14-35-45(10,53)39(50)29(6)46-22-25(2)20-43(8,52)40(60-42-37(49)34(19-26(3)56-42)47(11)23-31-15-17-32(54-12)18-16-31)27(4)38(28(5)41(51)58-35)59-36-21-44(9,55-13)33(24-48)30(7)57-36/h14-18,25-30,33-34,36-40,42,46,48-50,52-53H,19-24H2,1-13H3/b35-14+/t25-,26-,27+,28-,29-,30+,33?,34?,36+,37-,38+,39-,40-,42+,43-,44-,45-/m1/s1. The fourth-order valence-electron chi connectivity index (χ4n) is 9.57. The van der Waals surface area contributed by atoms with Gasteiger partial charge in [-0.1, -0.05) is 26.0 Å². The molecular weight excluding hydrogens is 776 g/mol. The molecule has 344 valence electrons. The van der Waals surface area contributed by atoms with Crippen molar-refractivity contribution in [2.75, 3.05) is 34.4 Å². The van der Waals surface area contributed by atoms with Crippen LogP contribution < -0.4 is 10.1 Å². The lowest BCUT2D eigenvalue weighted by molar-refractivity contribution is -0.315. The average Bonchev–Trinajstić information content (AvgIpc) is 3.19. The Morgan fingerprint density at radius 2 is 1.62 bits per heavy atom. The molecule has 3 heterocycles. The third-order valence-electron chi connectivity index (χ3n) is 13.4. The summed E-state index contributed by atoms with van der Waals surface area (Å²) in [4.78, 5) is 16.4. The Bertz CT molecular complexity index is 1540. The first-order valence-corrected chi connectivity index (χ1v) is 21.6. The van der Waals surface area contributed by atoms with Gasteiger partial charge in [-0.05, 0) is 112 Å². The lowest BCUT2D eigenvalue weighted by atomic mass is 9.77. The van der Waals surface area contributed by atoms with Gasteiger partial charge in [0.05, 0.1) is 55.3 Å². The van der Waals surface area contributed by atoms with Gasteiger partial charge in [0, 0.05) is 44.0 Å². The maximum absolute atomic E-state index is 14.3. The molecule has 3 aliphatic rings. The molecule has 17 atom stereocenters. The number of methoxy groups -OCH3 is 2. The predicted molar refractivity (Wildman–Crippen MR) is 225 cm³/mol. The summed E-state index contributed by atoms with van der Waals surface area (Å²) in [7, 11) is 5.13. The van der Waals surface area contributed by atoms with Crippen LogP contribution in [-0.4, -0.2) is 149 Å². The average molecular weight is 853 g/mol. The van der Waals surface area contributed by atoms with E-state index >= 15 is 0 Å². The zero-order chi connectivity index (χ0) is 44.9. The van der Waals surface area contributed by atoms with Gasteiger partial charge in [-0.25, -0.2) is 0 Å². The second-order valence-corrected chi connectivity index (χ2v) is 18.5. The van der Waals surface area contributed by atoms with E-state index in [2.05, 4.69) is 10.2 Å². The van der Waals surface area contributed by atoms with Crippen LogP contribution in [0.5, 0.6) is 5.75 Å². The molecule has 0 aromatic heterocycles. The van der Waals surface area contributed by atoms with Gasteiger partial charge in [-0.15, -0.1) is 0 Å². The van der Waals surface area contributed by atoms with Gasteiger partial charge >= 0.3 is 5.97 Å². The Kier molecular flexibility index (Phi) is 17.6. The van der Waals surface area contributed by atoms with Crippen molar-refractivity contribution in [1.29, 1.82) is 0 Å². The van der Waals surface area contributed by atoms with E-state index in [-0.39, 0.29) is 49.2 Å². The molecule has 3 saturated heterocycles. The number of likely N-dealkylation sites (N-methyl/N-ethyl adjacent to an activating group) is 1. The number of cyclic esters (lactones) is 1. The number of nitrogens with one attached hydrogen (secondary N) is 1. The smallest absolute Gasteiger partial charge is 0.316 e. The normalized spacial score (nSPS) is 43.6. The van der Waals surface area contributed by atoms with E-state index in [0.29, 0.717) is 19.5 Å². The van der Waals surface area contributed by atoms with Gasteiger partial charge < -0.3 is 64.0 Å². The fraction of sp³-hybridized carbons (Fsp3) is 0.800. The molecule has 1 aromatic carbocycles. The number of hydrogen-bond acceptors (Lipinski definition) is 15. The maximum Gasteiger partial charge on any atom is 0.316 e. The fourth-order valence-corrected chi connectivity index (χ4v) is 9.57. The molecule has 0 spiro atoms. The molecule has 0 amide bonds. The van der Waals surface area contributed by atoms with Crippen molar-refractivity contribution in [3.63, 3.8) is 0 Å². The number of allylic oxidation sites excluding steroid dienone is 1. The number of esters is 1. The predicted octanol–water partition coefficient (Wildman–Crippen LogP) is 3.51. The summed E-state index contributed by atoms with van der Waals surface area (Å²) in [6.07, 6.45) is -5.22. The molecule has 3 aliphatic heterocycles. The topological polar surface area (TPSA) is 198 Å². The van der Waals surface area contributed by atoms with Crippen LogP contribution in [0.1, 0.15) is 94.1 Å². The summed E-state index contributed by atoms with van der Waals surface area (Å²) in [6, 6.07) is 6.73. The molecular formula is C45H76N2O13. The SMILES string of the molecule is C/C=C1/OC(=O)[C@H](C)[C@@H](O[C@H]2C[C@@](C)(OC)C(CO)[C@H](C)O2)[C@H](C)[C@@H](O[C@@H]2O[C@H](C)CC(N(C)Cc3ccc(OC)cc3)[C@H]2O)[C@](C)(O)C[C@@H](C)CN[C@H](C)[C@@H](O)[C@]1(C)O. The van der Waals surface area contributed by atoms with Gasteiger partial charge in [0.2, 0.25) is 0 Å². The van der Waals surface area contributed by atoms with E-state index in [1.165, 1.54) is 13.0 Å². The number of aliphatic hydroxyl groups excluding tert-OH is 3. The highest BCUT2D eigenvalue weighted by Gasteiger charge is 2.52. The van der Waals surface area contributed by atoms with Crippen molar-refractivity contribution in [3.8, 4) is 5.75 Å². The van der Waals surface area contributed by atoms with Crippen LogP contribution in [0, 0.1) is 23.7 Å². The van der Waals surface area contributed by atoms with Crippen molar-refractivity contribution in [2.24, 2.45) is 23.7 Å². The van der Waals surface area contributed by atoms with E-state index in [0.717, 1.165) is 11.3 Å². The van der Waals surface area contributed by atoms with E-state index in [9.17, 15) is 30.3 Å². The lowest BCUT2D eigenvalue weighted by Gasteiger charge is -2.49. The van der Waals surface area contributed by atoms with E-state index in [4.69, 9.17) is 33.2 Å². The monoisotopic (exact) mass is 853 g/mol. The Balaban J connectivity index is 1.77. The van der Waals surface area contributed by atoms with Gasteiger partial charge in [-0.2, -0.15) is 0 Å². The molecule has 15 heteroatoms. The van der Waals surface area contributed by atoms with Crippen molar-refractivity contribution < 1.29 is 63.5 Å². The summed E-state index contributed by atoms with van der Waals surface area (Å²) in [5, 5.41) is 61.3. The van der Waals surface area contributed by atoms with Crippen LogP contribution in [0.3, 0.4) is 0 Å². The first-order valence-electron chi connectivity index (χ1n) is 21.6. The number of benzene rings is 1. The summed E-state index contributed by atoms with van der Waals surface area (Å²) < 4.78 is 43.6. The third kappa shape index (κ3) is 11.7. The van der Waals surface area contributed by atoms with Crippen molar-refractivity contribution >= 4 is 5.97 Å². The minimum absolute atomic E-state index is 0.132. The minimum atomic E-state index is -1.96. The quantitative estimate of drug-likeness (QED) is 0.187. The zero-order valence-corrected chi connectivity index (χ0v) is 38.2. The summed E-state index contributed by atoms with van der Waals surface area (Å²) >= 11 is 0. The third-order valence-corrected chi connectivity index (χ3v) is 13.4. The molecule has 0 bridgehead atoms. The number of rotatable bonds is 10. The van der Waals surface area contributed by atoms with Crippen molar-refractivity contribution in [2.45, 2.75) is 173 Å². The minimum Gasteiger partial charge on any atom is -0.497 e. The van der Waals surface area contributed by atoms with Gasteiger partial charge in [0.1, 0.15) is 29.3 Å². The molecule has 6 N–H and O–H groups in total. The number of ether oxygens (including phenoxy) is 7. The number of nitrogens with zero attached hydrogens (tertiary/aromatic N) is 1. The number of hydrogen-bond donors (Lipinski definition) is 6. The highest BCUT2D eigenvalue weighted by atomic mass is 16.7. The van der Waals surface area contributed by atoms with E-state index in [1.54, 1.807) is 41.9 Å². The second-order valence-electron chi connectivity index (χ2n) is 18.5. The lowest BCUT2D eigenvalue weighted by Crippen LogP contribution is -2.60. The van der Waals surface area contributed by atoms with Crippen LogP contribution in [0.25, 0.3) is 0 Å². The molecule has 3 fully saturated rings. The Labute approximate surface area is 357 Å². The largest absolute Gasteiger partial charge is 0.497 e. The van der Waals surface area contributed by atoms with E-state index in [1.807, 2.05) is 65.9 Å². The van der Waals surface area contributed by atoms with Crippen LogP contribution >= 0.6 is 0 Å². The number of carbonyl (C=O) groups is 1. The first-order chi connectivity index (χ1) is 28.0. The van der Waals surface area contributed by atoms with Crippen LogP contribution in [0.15, 0.2) is 36.1 Å². The van der Waals surface area contributed by atoms with Gasteiger partial charge in [0.25, 0.3) is 0 Å². The number of carbonyl (C=O) groups excluding carboxylic acids is 1. The summed E-state index contributed by atoms with van der Waals surface area (Å²) in [6.45, 7) is 18.1. The molecule has 0 saturated carbocycles. The maximum atomic E-state index is 14.3. The van der Waals surface area contributed by atoms with Gasteiger partial charge in [-0.3, -0.25) is 9.69 Å². The summed E-state index contributed by atoms with van der Waals surface area (Å²) in [5.41, 5.74) is -3.38. The Morgan fingerprint density at radius 3 is 2.20 bits per heavy atom. The van der Waals surface area contributed by atoms with Crippen molar-refractivity contribution in [1.82, 2.24) is 10.2 Å². The molecule has 15 nitrogen and oxygen atoms in total. The Hall–Kier alpha value is -2.25. The van der Waals surface area contributed by atoms with Crippen LogP contribution in [-0.2, 0) is 39.8 Å². The van der Waals surface area contributed by atoms with Crippen molar-refractivity contribution in [3.05, 3.63) is 41.7 Å². The highest BCUT2D eigenvalue weighted by Crippen LogP contribution is 2.41. The van der Waals surface area contributed by atoms with Crippen LogP contribution in [0.2, 0.25) is 0 Å². The summed E-state index contributed by atoms with van der Waals surface area (Å²) in [5.74, 6) is -2.56. The highest BCUT2D eigenvalue weighted by molar-refractivity contribution is 5.74. The van der Waals surface area contributed by atoms with Crippen LogP contribution in [0.4, 0.5) is 0 Å². The molecule has 2 unspecified atom stereocenters. The number of aliphatic hydroxyl groups is 5. The first kappa shape index (κ1) is 50.4. The van der Waals surface area contributed by atoms with Gasteiger partial charge in [0.15, 0.2) is 12.6 Å². The zero-order valence-electron chi connectivity index (χ0n) is 38.2. The Morgan fingerprint density at radius 1 is 0.967 bits per heavy atom. The molecule has 0 radical (unpaired) electrons. The van der Waals surface area contributed by atoms with E-state index < -0.39 is 83.7 Å². The molecule has 60 heavy (non-hydrogen) atoms. The molecule has 1 aromatic rings. The second kappa shape index (κ2) is 21.0.